The quantitative estimate of drug-likeness (QED) is 0.438. The average molecular weight is 447 g/mol. The lowest BCUT2D eigenvalue weighted by Crippen LogP contribution is -2.38. The van der Waals surface area contributed by atoms with Crippen LogP contribution < -0.4 is 0 Å². The molecule has 2 heterocycles. The van der Waals surface area contributed by atoms with Gasteiger partial charge in [-0.15, -0.1) is 0 Å². The first kappa shape index (κ1) is 22.0. The standard InChI is InChI=1S/C24H28F2N2O2S/c1-2-3-6-14-27-17-20(19-8-4-5-11-23(19)27)18-12-15-28(16-13-18)31(29,30)24-21(25)9-7-10-22(24)26/h4-5,7-11,17-18H,2-3,6,12-16H2,1H3. The molecule has 0 aliphatic carbocycles. The first-order valence-corrected chi connectivity index (χ1v) is 12.4. The van der Waals surface area contributed by atoms with Gasteiger partial charge in [0.25, 0.3) is 0 Å². The van der Waals surface area contributed by atoms with Crippen LogP contribution in [0.25, 0.3) is 10.9 Å². The van der Waals surface area contributed by atoms with Crippen LogP contribution >= 0.6 is 0 Å². The molecule has 2 aromatic carbocycles. The summed E-state index contributed by atoms with van der Waals surface area (Å²) in [5.41, 5.74) is 2.44. The first-order valence-electron chi connectivity index (χ1n) is 11.0. The Hall–Kier alpha value is -2.25. The number of hydrogen-bond acceptors (Lipinski definition) is 2. The van der Waals surface area contributed by atoms with Crippen molar-refractivity contribution >= 4 is 20.9 Å². The number of fused-ring (bicyclic) bond motifs is 1. The minimum atomic E-state index is -4.20. The molecule has 1 fully saturated rings. The van der Waals surface area contributed by atoms with Crippen molar-refractivity contribution in [1.29, 1.82) is 0 Å². The third kappa shape index (κ3) is 4.26. The van der Waals surface area contributed by atoms with E-state index in [1.165, 1.54) is 39.7 Å². The van der Waals surface area contributed by atoms with Gasteiger partial charge in [0.05, 0.1) is 0 Å². The number of aryl methyl sites for hydroxylation is 1. The van der Waals surface area contributed by atoms with Gasteiger partial charge in [0, 0.05) is 36.7 Å². The van der Waals surface area contributed by atoms with Crippen molar-refractivity contribution in [2.45, 2.75) is 56.4 Å². The summed E-state index contributed by atoms with van der Waals surface area (Å²) < 4.78 is 57.5. The van der Waals surface area contributed by atoms with E-state index in [2.05, 4.69) is 29.8 Å². The van der Waals surface area contributed by atoms with Crippen molar-refractivity contribution < 1.29 is 17.2 Å². The Morgan fingerprint density at radius 2 is 1.65 bits per heavy atom. The molecule has 0 N–H and O–H groups in total. The Morgan fingerprint density at radius 1 is 0.968 bits per heavy atom. The number of benzene rings is 2. The van der Waals surface area contributed by atoms with E-state index >= 15 is 0 Å². The molecule has 7 heteroatoms. The number of aromatic nitrogens is 1. The molecule has 0 amide bonds. The fourth-order valence-corrected chi connectivity index (χ4v) is 6.16. The second-order valence-electron chi connectivity index (χ2n) is 8.23. The number of nitrogens with zero attached hydrogens (tertiary/aromatic N) is 2. The summed E-state index contributed by atoms with van der Waals surface area (Å²) in [5, 5.41) is 1.21. The number of piperidine rings is 1. The molecule has 4 nitrogen and oxygen atoms in total. The van der Waals surface area contributed by atoms with E-state index in [9.17, 15) is 17.2 Å². The summed E-state index contributed by atoms with van der Waals surface area (Å²) in [5.74, 6) is -1.87. The maximum Gasteiger partial charge on any atom is 0.248 e. The van der Waals surface area contributed by atoms with Gasteiger partial charge in [-0.1, -0.05) is 44.0 Å². The van der Waals surface area contributed by atoms with Crippen molar-refractivity contribution in [2.24, 2.45) is 0 Å². The van der Waals surface area contributed by atoms with E-state index in [1.807, 2.05) is 12.1 Å². The van der Waals surface area contributed by atoms with Crippen molar-refractivity contribution in [3.8, 4) is 0 Å². The zero-order chi connectivity index (χ0) is 22.0. The highest BCUT2D eigenvalue weighted by atomic mass is 32.2. The molecule has 0 radical (unpaired) electrons. The predicted octanol–water partition coefficient (Wildman–Crippen LogP) is 5.68. The highest BCUT2D eigenvalue weighted by Gasteiger charge is 2.34. The monoisotopic (exact) mass is 446 g/mol. The minimum Gasteiger partial charge on any atom is -0.347 e. The van der Waals surface area contributed by atoms with Gasteiger partial charge in [0.2, 0.25) is 10.0 Å². The molecule has 0 bridgehead atoms. The topological polar surface area (TPSA) is 42.3 Å². The SMILES string of the molecule is CCCCCn1cc(C2CCN(S(=O)(=O)c3c(F)cccc3F)CC2)c2ccccc21. The summed E-state index contributed by atoms with van der Waals surface area (Å²) in [4.78, 5) is -0.846. The lowest BCUT2D eigenvalue weighted by atomic mass is 9.90. The molecule has 0 unspecified atom stereocenters. The third-order valence-electron chi connectivity index (χ3n) is 6.23. The Kier molecular flexibility index (Phi) is 6.44. The van der Waals surface area contributed by atoms with Gasteiger partial charge < -0.3 is 4.57 Å². The van der Waals surface area contributed by atoms with Crippen molar-refractivity contribution in [3.63, 3.8) is 0 Å². The second kappa shape index (κ2) is 9.09. The number of para-hydroxylation sites is 1. The van der Waals surface area contributed by atoms with Crippen LogP contribution in [0.1, 0.15) is 50.5 Å². The summed E-state index contributed by atoms with van der Waals surface area (Å²) >= 11 is 0. The van der Waals surface area contributed by atoms with Crippen molar-refractivity contribution in [3.05, 3.63) is 65.9 Å². The molecule has 4 rings (SSSR count). The molecule has 0 saturated carbocycles. The number of sulfonamides is 1. The summed E-state index contributed by atoms with van der Waals surface area (Å²) in [7, 11) is -4.20. The Bertz CT molecular complexity index is 1150. The first-order chi connectivity index (χ1) is 14.9. The Morgan fingerprint density at radius 3 is 2.32 bits per heavy atom. The van der Waals surface area contributed by atoms with Crippen LogP contribution in [0.4, 0.5) is 8.78 Å². The van der Waals surface area contributed by atoms with E-state index in [0.717, 1.165) is 25.1 Å². The molecule has 1 aromatic heterocycles. The molecule has 0 spiro atoms. The maximum atomic E-state index is 14.1. The van der Waals surface area contributed by atoms with Crippen LogP contribution in [-0.2, 0) is 16.6 Å². The smallest absolute Gasteiger partial charge is 0.248 e. The van der Waals surface area contributed by atoms with Gasteiger partial charge in [-0.3, -0.25) is 0 Å². The van der Waals surface area contributed by atoms with Gasteiger partial charge in [-0.05, 0) is 48.9 Å². The number of halogens is 2. The molecule has 3 aromatic rings. The minimum absolute atomic E-state index is 0.217. The second-order valence-corrected chi connectivity index (χ2v) is 10.1. The maximum absolute atomic E-state index is 14.1. The molecule has 166 valence electrons. The highest BCUT2D eigenvalue weighted by molar-refractivity contribution is 7.89. The Labute approximate surface area is 182 Å². The zero-order valence-corrected chi connectivity index (χ0v) is 18.5. The van der Waals surface area contributed by atoms with Crippen LogP contribution in [0, 0.1) is 11.6 Å². The molecule has 31 heavy (non-hydrogen) atoms. The molecule has 1 aliphatic heterocycles. The van der Waals surface area contributed by atoms with Gasteiger partial charge in [0.1, 0.15) is 11.6 Å². The van der Waals surface area contributed by atoms with E-state index < -0.39 is 26.6 Å². The lowest BCUT2D eigenvalue weighted by Gasteiger charge is -2.31. The Balaban J connectivity index is 1.55. The normalized spacial score (nSPS) is 16.2. The van der Waals surface area contributed by atoms with Crippen LogP contribution in [-0.4, -0.2) is 30.4 Å². The van der Waals surface area contributed by atoms with Gasteiger partial charge >= 0.3 is 0 Å². The number of hydrogen-bond donors (Lipinski definition) is 0. The van der Waals surface area contributed by atoms with E-state index in [0.29, 0.717) is 12.8 Å². The lowest BCUT2D eigenvalue weighted by molar-refractivity contribution is 0.317. The van der Waals surface area contributed by atoms with Gasteiger partial charge in [-0.2, -0.15) is 4.31 Å². The average Bonchev–Trinajstić information content (AvgIpc) is 3.13. The molecular weight excluding hydrogens is 418 g/mol. The summed E-state index contributed by atoms with van der Waals surface area (Å²) in [6.45, 7) is 3.65. The predicted molar refractivity (Wildman–Crippen MR) is 119 cm³/mol. The summed E-state index contributed by atoms with van der Waals surface area (Å²) in [6.07, 6.45) is 6.94. The largest absolute Gasteiger partial charge is 0.347 e. The van der Waals surface area contributed by atoms with Crippen LogP contribution in [0.5, 0.6) is 0 Å². The third-order valence-corrected chi connectivity index (χ3v) is 8.18. The van der Waals surface area contributed by atoms with E-state index in [-0.39, 0.29) is 19.0 Å². The summed E-state index contributed by atoms with van der Waals surface area (Å²) in [6, 6.07) is 11.5. The highest BCUT2D eigenvalue weighted by Crippen LogP contribution is 2.36. The number of unbranched alkanes of at least 4 members (excludes halogenated alkanes) is 2. The van der Waals surface area contributed by atoms with Crippen LogP contribution in [0.15, 0.2) is 53.6 Å². The molecule has 0 atom stereocenters. The molecular formula is C24H28F2N2O2S. The van der Waals surface area contributed by atoms with Gasteiger partial charge in [-0.25, -0.2) is 17.2 Å². The van der Waals surface area contributed by atoms with E-state index in [1.54, 1.807) is 0 Å². The number of rotatable bonds is 7. The van der Waals surface area contributed by atoms with Gasteiger partial charge in [0.15, 0.2) is 4.90 Å². The molecule has 1 saturated heterocycles. The van der Waals surface area contributed by atoms with Crippen molar-refractivity contribution in [1.82, 2.24) is 8.87 Å². The molecule has 1 aliphatic rings. The van der Waals surface area contributed by atoms with E-state index in [4.69, 9.17) is 0 Å². The van der Waals surface area contributed by atoms with Crippen molar-refractivity contribution in [2.75, 3.05) is 13.1 Å². The van der Waals surface area contributed by atoms with Crippen LogP contribution in [0.2, 0.25) is 0 Å². The fraction of sp³-hybridized carbons (Fsp3) is 0.417. The zero-order valence-electron chi connectivity index (χ0n) is 17.7. The fourth-order valence-electron chi connectivity index (χ4n) is 4.58. The van der Waals surface area contributed by atoms with Crippen LogP contribution in [0.3, 0.4) is 0 Å².